The van der Waals surface area contributed by atoms with Crippen LogP contribution in [0.4, 0.5) is 10.5 Å². The number of carboxylic acids is 1. The fourth-order valence-corrected chi connectivity index (χ4v) is 1.76. The van der Waals surface area contributed by atoms with Crippen molar-refractivity contribution in [1.82, 2.24) is 4.90 Å². The number of carbonyl (C=O) groups excluding carboxylic acids is 1. The Labute approximate surface area is 119 Å². The van der Waals surface area contributed by atoms with Crippen LogP contribution in [-0.2, 0) is 4.79 Å². The summed E-state index contributed by atoms with van der Waals surface area (Å²) in [5.41, 5.74) is 0.591. The number of amides is 2. The predicted octanol–water partition coefficient (Wildman–Crippen LogP) is 2.40. The van der Waals surface area contributed by atoms with Crippen molar-refractivity contribution in [2.24, 2.45) is 0 Å². The summed E-state index contributed by atoms with van der Waals surface area (Å²) in [5, 5.41) is 11.2. The van der Waals surface area contributed by atoms with Crippen molar-refractivity contribution < 1.29 is 19.4 Å². The number of halogens is 1. The Balaban J connectivity index is 2.63. The molecule has 0 aliphatic carbocycles. The first-order valence-electron chi connectivity index (χ1n) is 5.51. The van der Waals surface area contributed by atoms with Crippen molar-refractivity contribution in [3.05, 3.63) is 22.7 Å². The number of urea groups is 1. The van der Waals surface area contributed by atoms with Crippen LogP contribution in [-0.4, -0.2) is 42.7 Å². The minimum atomic E-state index is -0.940. The van der Waals surface area contributed by atoms with Crippen LogP contribution in [0.5, 0.6) is 5.75 Å². The number of nitrogens with zero attached hydrogens (tertiary/aromatic N) is 1. The maximum absolute atomic E-state index is 11.8. The van der Waals surface area contributed by atoms with Gasteiger partial charge in [0, 0.05) is 18.1 Å². The molecule has 1 aromatic rings. The van der Waals surface area contributed by atoms with Crippen LogP contribution in [0, 0.1) is 0 Å². The summed E-state index contributed by atoms with van der Waals surface area (Å²) in [7, 11) is 3.09. The van der Waals surface area contributed by atoms with Crippen LogP contribution in [0.25, 0.3) is 0 Å². The van der Waals surface area contributed by atoms with Gasteiger partial charge in [-0.05, 0) is 34.1 Å². The van der Waals surface area contributed by atoms with Gasteiger partial charge in [-0.1, -0.05) is 0 Å². The van der Waals surface area contributed by atoms with E-state index in [1.165, 1.54) is 11.9 Å². The number of methoxy groups -OCH3 is 1. The molecule has 2 amide bonds. The molecule has 0 bridgehead atoms. The molecule has 0 heterocycles. The number of carboxylic acid groups (broad SMARTS) is 1. The largest absolute Gasteiger partial charge is 0.497 e. The smallest absolute Gasteiger partial charge is 0.321 e. The first kappa shape index (κ1) is 15.3. The Bertz CT molecular complexity index is 479. The number of rotatable bonds is 5. The van der Waals surface area contributed by atoms with Crippen LogP contribution in [0.3, 0.4) is 0 Å². The average molecular weight is 331 g/mol. The van der Waals surface area contributed by atoms with Gasteiger partial charge in [0.25, 0.3) is 0 Å². The van der Waals surface area contributed by atoms with Gasteiger partial charge in [0.1, 0.15) is 5.75 Å². The van der Waals surface area contributed by atoms with E-state index in [1.54, 1.807) is 25.3 Å². The summed E-state index contributed by atoms with van der Waals surface area (Å²) >= 11 is 3.32. The lowest BCUT2D eigenvalue weighted by molar-refractivity contribution is -0.137. The summed E-state index contributed by atoms with van der Waals surface area (Å²) in [5.74, 6) is -0.269. The molecule has 0 unspecified atom stereocenters. The average Bonchev–Trinajstić information content (AvgIpc) is 2.37. The van der Waals surface area contributed by atoms with E-state index < -0.39 is 5.97 Å². The molecule has 0 radical (unpaired) electrons. The third kappa shape index (κ3) is 4.78. The number of ether oxygens (including phenoxy) is 1. The lowest BCUT2D eigenvalue weighted by Crippen LogP contribution is -2.33. The normalized spacial score (nSPS) is 9.84. The van der Waals surface area contributed by atoms with Crippen molar-refractivity contribution in [2.45, 2.75) is 6.42 Å². The number of anilines is 1. The molecule has 7 heteroatoms. The van der Waals surface area contributed by atoms with E-state index in [9.17, 15) is 9.59 Å². The summed E-state index contributed by atoms with van der Waals surface area (Å²) in [6, 6.07) is 4.78. The molecule has 104 valence electrons. The monoisotopic (exact) mass is 330 g/mol. The second-order valence-corrected chi connectivity index (χ2v) is 4.70. The highest BCUT2D eigenvalue weighted by Gasteiger charge is 2.12. The highest BCUT2D eigenvalue weighted by Crippen LogP contribution is 2.27. The molecule has 19 heavy (non-hydrogen) atoms. The molecule has 0 spiro atoms. The standard InChI is InChI=1S/C12H15BrN2O4/c1-15(6-5-11(16)17)12(18)14-10-4-3-8(19-2)7-9(10)13/h3-4,7H,5-6H2,1-2H3,(H,14,18)(H,16,17). The molecule has 0 atom stereocenters. The van der Waals surface area contributed by atoms with Crippen molar-refractivity contribution in [1.29, 1.82) is 0 Å². The first-order valence-corrected chi connectivity index (χ1v) is 6.30. The van der Waals surface area contributed by atoms with Crippen LogP contribution in [0.2, 0.25) is 0 Å². The Morgan fingerprint density at radius 3 is 2.68 bits per heavy atom. The van der Waals surface area contributed by atoms with E-state index in [4.69, 9.17) is 9.84 Å². The van der Waals surface area contributed by atoms with E-state index in [2.05, 4.69) is 21.2 Å². The molecule has 0 aliphatic heterocycles. The highest BCUT2D eigenvalue weighted by atomic mass is 79.9. The Hall–Kier alpha value is -1.76. The SMILES string of the molecule is COc1ccc(NC(=O)N(C)CCC(=O)O)c(Br)c1. The minimum Gasteiger partial charge on any atom is -0.497 e. The molecule has 1 aromatic carbocycles. The molecule has 1 rings (SSSR count). The van der Waals surface area contributed by atoms with Crippen LogP contribution in [0.1, 0.15) is 6.42 Å². The van der Waals surface area contributed by atoms with Gasteiger partial charge < -0.3 is 20.1 Å². The molecule has 0 saturated carbocycles. The van der Waals surface area contributed by atoms with Crippen LogP contribution in [0.15, 0.2) is 22.7 Å². The lowest BCUT2D eigenvalue weighted by Gasteiger charge is -2.17. The number of hydrogen-bond acceptors (Lipinski definition) is 3. The zero-order valence-electron chi connectivity index (χ0n) is 10.6. The number of carbonyl (C=O) groups is 2. The molecule has 0 aromatic heterocycles. The van der Waals surface area contributed by atoms with Gasteiger partial charge in [0.2, 0.25) is 0 Å². The second kappa shape index (κ2) is 6.98. The number of aliphatic carboxylic acids is 1. The fraction of sp³-hybridized carbons (Fsp3) is 0.333. The van der Waals surface area contributed by atoms with Crippen molar-refractivity contribution >= 4 is 33.6 Å². The van der Waals surface area contributed by atoms with E-state index in [-0.39, 0.29) is 19.0 Å². The zero-order valence-corrected chi connectivity index (χ0v) is 12.2. The van der Waals surface area contributed by atoms with Gasteiger partial charge in [0.05, 0.1) is 19.2 Å². The van der Waals surface area contributed by atoms with Gasteiger partial charge in [0.15, 0.2) is 0 Å². The molecule has 2 N–H and O–H groups in total. The van der Waals surface area contributed by atoms with Crippen molar-refractivity contribution in [2.75, 3.05) is 26.0 Å². The Kier molecular flexibility index (Phi) is 5.62. The Morgan fingerprint density at radius 1 is 1.47 bits per heavy atom. The third-order valence-electron chi connectivity index (χ3n) is 2.43. The van der Waals surface area contributed by atoms with E-state index in [0.717, 1.165) is 0 Å². The van der Waals surface area contributed by atoms with Crippen molar-refractivity contribution in [3.63, 3.8) is 0 Å². The van der Waals surface area contributed by atoms with Gasteiger partial charge in [-0.25, -0.2) is 4.79 Å². The Morgan fingerprint density at radius 2 is 2.16 bits per heavy atom. The maximum atomic E-state index is 11.8. The predicted molar refractivity (Wildman–Crippen MR) is 74.6 cm³/mol. The minimum absolute atomic E-state index is 0.0896. The molecule has 6 nitrogen and oxygen atoms in total. The van der Waals surface area contributed by atoms with Gasteiger partial charge in [-0.3, -0.25) is 4.79 Å². The van der Waals surface area contributed by atoms with Gasteiger partial charge >= 0.3 is 12.0 Å². The summed E-state index contributed by atoms with van der Waals surface area (Å²) in [6.45, 7) is 0.148. The summed E-state index contributed by atoms with van der Waals surface area (Å²) in [4.78, 5) is 23.5. The van der Waals surface area contributed by atoms with E-state index >= 15 is 0 Å². The molecule has 0 fully saturated rings. The van der Waals surface area contributed by atoms with Crippen LogP contribution >= 0.6 is 15.9 Å². The molecule has 0 saturated heterocycles. The van der Waals surface area contributed by atoms with E-state index in [0.29, 0.717) is 15.9 Å². The summed E-state index contributed by atoms with van der Waals surface area (Å²) in [6.07, 6.45) is -0.0896. The molecular formula is C12H15BrN2O4. The number of hydrogen-bond donors (Lipinski definition) is 2. The van der Waals surface area contributed by atoms with E-state index in [1.807, 2.05) is 0 Å². The molecule has 0 aliphatic rings. The third-order valence-corrected chi connectivity index (χ3v) is 3.08. The lowest BCUT2D eigenvalue weighted by atomic mass is 10.3. The quantitative estimate of drug-likeness (QED) is 0.868. The zero-order chi connectivity index (χ0) is 14.4. The van der Waals surface area contributed by atoms with Gasteiger partial charge in [-0.15, -0.1) is 0 Å². The highest BCUT2D eigenvalue weighted by molar-refractivity contribution is 9.10. The second-order valence-electron chi connectivity index (χ2n) is 3.84. The summed E-state index contributed by atoms with van der Waals surface area (Å²) < 4.78 is 5.74. The maximum Gasteiger partial charge on any atom is 0.321 e. The number of nitrogens with one attached hydrogen (secondary N) is 1. The van der Waals surface area contributed by atoms with Gasteiger partial charge in [-0.2, -0.15) is 0 Å². The van der Waals surface area contributed by atoms with Crippen LogP contribution < -0.4 is 10.1 Å². The molecular weight excluding hydrogens is 316 g/mol. The first-order chi connectivity index (χ1) is 8.93. The fourth-order valence-electron chi connectivity index (χ4n) is 1.30. The topological polar surface area (TPSA) is 78.9 Å². The van der Waals surface area contributed by atoms with Crippen molar-refractivity contribution in [3.8, 4) is 5.75 Å². The number of benzene rings is 1.